The Morgan fingerprint density at radius 3 is 2.77 bits per heavy atom. The minimum Gasteiger partial charge on any atom is -0.317 e. The Morgan fingerprint density at radius 2 is 1.92 bits per heavy atom. The van der Waals surface area contributed by atoms with Gasteiger partial charge in [-0.25, -0.2) is 9.50 Å². The Labute approximate surface area is 155 Å². The van der Waals surface area contributed by atoms with E-state index in [0.717, 1.165) is 46.9 Å². The third kappa shape index (κ3) is 2.68. The van der Waals surface area contributed by atoms with Crippen LogP contribution in [0.3, 0.4) is 0 Å². The summed E-state index contributed by atoms with van der Waals surface area (Å²) in [6.45, 7) is 6.24. The number of hydrogen-bond donors (Lipinski definition) is 1. The molecule has 1 aliphatic rings. The first kappa shape index (κ1) is 15.8. The molecule has 0 aliphatic carbocycles. The number of rotatable bonds is 2. The minimum absolute atomic E-state index is 0.643. The van der Waals surface area contributed by atoms with E-state index in [2.05, 4.69) is 44.7 Å². The van der Waals surface area contributed by atoms with Gasteiger partial charge in [0.2, 0.25) is 0 Å². The summed E-state index contributed by atoms with van der Waals surface area (Å²) < 4.78 is 3.02. The first-order valence-corrected chi connectivity index (χ1v) is 9.81. The SMILES string of the molecule is Cc1cn2nc(-c3cc4sc(C5CCNCC5)cc4nn3)cc(C)c2n1. The van der Waals surface area contributed by atoms with Crippen molar-refractivity contribution in [1.82, 2.24) is 30.1 Å². The molecule has 0 unspecified atom stereocenters. The van der Waals surface area contributed by atoms with Crippen LogP contribution in [0.15, 0.2) is 24.4 Å². The van der Waals surface area contributed by atoms with E-state index in [9.17, 15) is 0 Å². The molecule has 7 heteroatoms. The van der Waals surface area contributed by atoms with Crippen LogP contribution in [0.25, 0.3) is 27.3 Å². The number of aromatic nitrogens is 5. The van der Waals surface area contributed by atoms with E-state index >= 15 is 0 Å². The summed E-state index contributed by atoms with van der Waals surface area (Å²) in [4.78, 5) is 5.94. The van der Waals surface area contributed by atoms with Crippen molar-refractivity contribution in [2.24, 2.45) is 0 Å². The number of imidazole rings is 1. The van der Waals surface area contributed by atoms with Crippen molar-refractivity contribution in [3.63, 3.8) is 0 Å². The molecule has 5 rings (SSSR count). The second-order valence-corrected chi connectivity index (χ2v) is 8.13. The predicted octanol–water partition coefficient (Wildman–Crippen LogP) is 3.48. The van der Waals surface area contributed by atoms with Gasteiger partial charge >= 0.3 is 0 Å². The fourth-order valence-corrected chi connectivity index (χ4v) is 4.86. The molecule has 1 N–H and O–H groups in total. The average molecular weight is 364 g/mol. The number of fused-ring (bicyclic) bond motifs is 2. The van der Waals surface area contributed by atoms with Gasteiger partial charge in [0.1, 0.15) is 16.9 Å². The normalized spacial score (nSPS) is 15.9. The Hall–Kier alpha value is -2.38. The van der Waals surface area contributed by atoms with Gasteiger partial charge in [-0.2, -0.15) is 5.10 Å². The maximum Gasteiger partial charge on any atom is 0.156 e. The molecule has 1 fully saturated rings. The standard InChI is InChI=1S/C19H20N6S/c1-11-7-15(24-25-10-12(2)21-19(11)25)14-8-18-16(23-22-14)9-17(26-18)13-3-5-20-6-4-13/h7-10,13,20H,3-6H2,1-2H3. The van der Waals surface area contributed by atoms with E-state index in [1.165, 1.54) is 22.4 Å². The summed E-state index contributed by atoms with van der Waals surface area (Å²) in [5, 5.41) is 17.0. The molecule has 6 nitrogen and oxygen atoms in total. The summed E-state index contributed by atoms with van der Waals surface area (Å²) in [5.41, 5.74) is 5.58. The molecule has 132 valence electrons. The topological polar surface area (TPSA) is 68.0 Å². The van der Waals surface area contributed by atoms with Crippen LogP contribution in [0.2, 0.25) is 0 Å². The number of thiophene rings is 1. The van der Waals surface area contributed by atoms with E-state index in [1.807, 2.05) is 35.0 Å². The highest BCUT2D eigenvalue weighted by Crippen LogP contribution is 2.35. The molecule has 0 aromatic carbocycles. The van der Waals surface area contributed by atoms with Crippen LogP contribution in [-0.2, 0) is 0 Å². The number of nitrogens with zero attached hydrogens (tertiary/aromatic N) is 5. The highest BCUT2D eigenvalue weighted by Gasteiger charge is 2.18. The first-order valence-electron chi connectivity index (χ1n) is 8.99. The number of aryl methyl sites for hydroxylation is 2. The van der Waals surface area contributed by atoms with Crippen LogP contribution in [0.4, 0.5) is 0 Å². The van der Waals surface area contributed by atoms with Gasteiger partial charge < -0.3 is 5.32 Å². The van der Waals surface area contributed by atoms with Gasteiger partial charge in [0.05, 0.1) is 16.6 Å². The summed E-state index contributed by atoms with van der Waals surface area (Å²) in [7, 11) is 0. The highest BCUT2D eigenvalue weighted by atomic mass is 32.1. The van der Waals surface area contributed by atoms with Gasteiger partial charge in [0, 0.05) is 4.88 Å². The van der Waals surface area contributed by atoms with Crippen LogP contribution in [-0.4, -0.2) is 37.9 Å². The minimum atomic E-state index is 0.643. The number of piperidine rings is 1. The fourth-order valence-electron chi connectivity index (χ4n) is 3.66. The predicted molar refractivity (Wildman–Crippen MR) is 104 cm³/mol. The van der Waals surface area contributed by atoms with Gasteiger partial charge in [-0.1, -0.05) is 0 Å². The lowest BCUT2D eigenvalue weighted by molar-refractivity contribution is 0.465. The molecule has 5 heterocycles. The highest BCUT2D eigenvalue weighted by molar-refractivity contribution is 7.19. The Bertz CT molecular complexity index is 1110. The summed E-state index contributed by atoms with van der Waals surface area (Å²) in [5.74, 6) is 0.643. The molecule has 0 spiro atoms. The second-order valence-electron chi connectivity index (χ2n) is 7.02. The molecule has 1 saturated heterocycles. The van der Waals surface area contributed by atoms with Gasteiger partial charge in [0.15, 0.2) is 5.65 Å². The van der Waals surface area contributed by atoms with Crippen LogP contribution in [0.5, 0.6) is 0 Å². The van der Waals surface area contributed by atoms with Crippen LogP contribution < -0.4 is 5.32 Å². The number of nitrogens with one attached hydrogen (secondary N) is 1. The zero-order valence-electron chi connectivity index (χ0n) is 14.9. The largest absolute Gasteiger partial charge is 0.317 e. The van der Waals surface area contributed by atoms with E-state index < -0.39 is 0 Å². The molecule has 0 bridgehead atoms. The molecule has 4 aromatic heterocycles. The lowest BCUT2D eigenvalue weighted by Gasteiger charge is -2.21. The van der Waals surface area contributed by atoms with Crippen molar-refractivity contribution in [3.8, 4) is 11.4 Å². The third-order valence-corrected chi connectivity index (χ3v) is 6.26. The zero-order chi connectivity index (χ0) is 17.7. The monoisotopic (exact) mass is 364 g/mol. The maximum absolute atomic E-state index is 4.68. The molecular weight excluding hydrogens is 344 g/mol. The van der Waals surface area contributed by atoms with Gasteiger partial charge in [-0.05, 0) is 69.5 Å². The molecule has 1 aliphatic heterocycles. The Kier molecular flexibility index (Phi) is 3.72. The molecule has 0 saturated carbocycles. The first-order chi connectivity index (χ1) is 12.7. The van der Waals surface area contributed by atoms with E-state index in [0.29, 0.717) is 5.92 Å². The molecule has 26 heavy (non-hydrogen) atoms. The molecular formula is C19H20N6S. The molecule has 0 radical (unpaired) electrons. The van der Waals surface area contributed by atoms with Crippen molar-refractivity contribution < 1.29 is 0 Å². The van der Waals surface area contributed by atoms with Crippen LogP contribution in [0.1, 0.15) is 34.9 Å². The van der Waals surface area contributed by atoms with Gasteiger partial charge in [-0.3, -0.25) is 0 Å². The quantitative estimate of drug-likeness (QED) is 0.590. The van der Waals surface area contributed by atoms with Crippen LogP contribution >= 0.6 is 11.3 Å². The smallest absolute Gasteiger partial charge is 0.156 e. The third-order valence-electron chi connectivity index (χ3n) is 5.03. The second kappa shape index (κ2) is 6.10. The molecule has 0 amide bonds. The lowest BCUT2D eigenvalue weighted by atomic mass is 9.96. The van der Waals surface area contributed by atoms with Crippen LogP contribution in [0, 0.1) is 13.8 Å². The van der Waals surface area contributed by atoms with Crippen molar-refractivity contribution >= 4 is 27.2 Å². The van der Waals surface area contributed by atoms with E-state index in [1.54, 1.807) is 0 Å². The summed E-state index contributed by atoms with van der Waals surface area (Å²) >= 11 is 1.85. The fraction of sp³-hybridized carbons (Fsp3) is 0.368. The Balaban J connectivity index is 1.56. The lowest BCUT2D eigenvalue weighted by Crippen LogP contribution is -2.26. The molecule has 0 atom stereocenters. The van der Waals surface area contributed by atoms with Gasteiger partial charge in [-0.15, -0.1) is 21.5 Å². The van der Waals surface area contributed by atoms with Crippen molar-refractivity contribution in [1.29, 1.82) is 0 Å². The Morgan fingerprint density at radius 1 is 1.08 bits per heavy atom. The summed E-state index contributed by atoms with van der Waals surface area (Å²) in [6, 6.07) is 6.38. The van der Waals surface area contributed by atoms with Gasteiger partial charge in [0.25, 0.3) is 0 Å². The molecule has 4 aromatic rings. The van der Waals surface area contributed by atoms with Crippen molar-refractivity contribution in [3.05, 3.63) is 40.5 Å². The zero-order valence-corrected chi connectivity index (χ0v) is 15.7. The van der Waals surface area contributed by atoms with Crippen molar-refractivity contribution in [2.75, 3.05) is 13.1 Å². The van der Waals surface area contributed by atoms with Crippen molar-refractivity contribution in [2.45, 2.75) is 32.6 Å². The number of hydrogen-bond acceptors (Lipinski definition) is 6. The van der Waals surface area contributed by atoms with E-state index in [4.69, 9.17) is 0 Å². The maximum atomic E-state index is 4.68. The average Bonchev–Trinajstić information content (AvgIpc) is 3.24. The van der Waals surface area contributed by atoms with E-state index in [-0.39, 0.29) is 0 Å². The summed E-state index contributed by atoms with van der Waals surface area (Å²) in [6.07, 6.45) is 4.34.